The lowest BCUT2D eigenvalue weighted by molar-refractivity contribution is -0.269. The molecule has 5 aliphatic carbocycles. The van der Waals surface area contributed by atoms with Crippen LogP contribution in [0.5, 0.6) is 0 Å². The maximum absolute atomic E-state index is 2.78. The summed E-state index contributed by atoms with van der Waals surface area (Å²) < 4.78 is 0. The molecule has 0 aromatic rings. The third-order valence-electron chi connectivity index (χ3n) is 18.0. The van der Waals surface area contributed by atoms with Crippen molar-refractivity contribution in [2.24, 2.45) is 65.0 Å². The fraction of sp³-hybridized carbons (Fsp3) is 1.00. The minimum Gasteiger partial charge on any atom is -0.0588 e. The van der Waals surface area contributed by atoms with Crippen LogP contribution in [0.25, 0.3) is 0 Å². The van der Waals surface area contributed by atoms with Gasteiger partial charge in [-0.25, -0.2) is 0 Å². The lowest BCUT2D eigenvalue weighted by Crippen LogP contribution is -2.69. The van der Waals surface area contributed by atoms with E-state index in [-0.39, 0.29) is 10.8 Å². The summed E-state index contributed by atoms with van der Waals surface area (Å²) in [6.45, 7) is 43.2. The zero-order valence-corrected chi connectivity index (χ0v) is 22.7. The fourth-order valence-electron chi connectivity index (χ4n) is 15.0. The molecule has 5 aliphatic rings. The molecule has 0 spiro atoms. The van der Waals surface area contributed by atoms with Gasteiger partial charge in [0.25, 0.3) is 0 Å². The summed E-state index contributed by atoms with van der Waals surface area (Å²) >= 11 is 0. The van der Waals surface area contributed by atoms with Crippen molar-refractivity contribution in [3.63, 3.8) is 0 Å². The predicted octanol–water partition coefficient (Wildman–Crippen LogP) is 8.60. The van der Waals surface area contributed by atoms with Gasteiger partial charge in [-0.3, -0.25) is 0 Å². The Labute approximate surface area is 182 Å². The van der Waals surface area contributed by atoms with Crippen LogP contribution in [-0.2, 0) is 0 Å². The largest absolute Gasteiger partial charge is 0.0588 e. The predicted molar refractivity (Wildman–Crippen MR) is 125 cm³/mol. The first-order chi connectivity index (χ1) is 12.5. The van der Waals surface area contributed by atoms with E-state index in [9.17, 15) is 0 Å². The molecular formula is C29H50. The van der Waals surface area contributed by atoms with Gasteiger partial charge in [0.2, 0.25) is 0 Å². The molecule has 0 nitrogen and oxygen atoms in total. The van der Waals surface area contributed by atoms with E-state index in [4.69, 9.17) is 0 Å². The van der Waals surface area contributed by atoms with E-state index >= 15 is 0 Å². The molecule has 0 saturated heterocycles. The molecule has 166 valence electrons. The summed E-state index contributed by atoms with van der Waals surface area (Å²) in [4.78, 5) is 0. The number of rotatable bonds is 0. The van der Waals surface area contributed by atoms with Crippen LogP contribution in [0.3, 0.4) is 0 Å². The van der Waals surface area contributed by atoms with Gasteiger partial charge in [-0.2, -0.15) is 0 Å². The fourth-order valence-corrected chi connectivity index (χ4v) is 15.0. The van der Waals surface area contributed by atoms with Gasteiger partial charge in [-0.05, 0) is 71.4 Å². The van der Waals surface area contributed by atoms with Crippen molar-refractivity contribution in [1.82, 2.24) is 0 Å². The van der Waals surface area contributed by atoms with Gasteiger partial charge in [-0.1, -0.05) is 111 Å². The van der Waals surface area contributed by atoms with Crippen LogP contribution in [0.4, 0.5) is 0 Å². The monoisotopic (exact) mass is 398 g/mol. The number of hydrogen-bond donors (Lipinski definition) is 0. The molecule has 5 fully saturated rings. The molecule has 8 unspecified atom stereocenters. The van der Waals surface area contributed by atoms with Gasteiger partial charge in [-0.15, -0.1) is 0 Å². The molecule has 0 aliphatic heterocycles. The topological polar surface area (TPSA) is 0 Å². The second kappa shape index (κ2) is 3.83. The van der Waals surface area contributed by atoms with E-state index in [0.717, 1.165) is 0 Å². The Kier molecular flexibility index (Phi) is 2.76. The average Bonchev–Trinajstić information content (AvgIpc) is 3.12. The van der Waals surface area contributed by atoms with E-state index in [1.54, 1.807) is 0 Å². The molecule has 0 N–H and O–H groups in total. The maximum atomic E-state index is 2.78. The molecule has 0 aromatic carbocycles. The van der Waals surface area contributed by atoms with Crippen LogP contribution in [0.1, 0.15) is 117 Å². The third-order valence-corrected chi connectivity index (χ3v) is 18.0. The summed E-state index contributed by atoms with van der Waals surface area (Å²) in [6, 6.07) is 0. The van der Waals surface area contributed by atoms with E-state index < -0.39 is 0 Å². The van der Waals surface area contributed by atoms with Gasteiger partial charge in [0, 0.05) is 0 Å². The number of fused-ring (bicyclic) bond motifs is 8. The van der Waals surface area contributed by atoms with E-state index in [1.165, 1.54) is 6.42 Å². The summed E-state index contributed by atoms with van der Waals surface area (Å²) in [7, 11) is 0. The molecule has 5 rings (SSSR count). The van der Waals surface area contributed by atoms with E-state index in [1.807, 2.05) is 0 Å². The van der Waals surface area contributed by atoms with Gasteiger partial charge >= 0.3 is 0 Å². The Balaban J connectivity index is 2.07. The summed E-state index contributed by atoms with van der Waals surface area (Å²) in [6.07, 6.45) is 1.39. The lowest BCUT2D eigenvalue weighted by Gasteiger charge is -2.74. The highest BCUT2D eigenvalue weighted by Gasteiger charge is 3.07. The van der Waals surface area contributed by atoms with Crippen LogP contribution < -0.4 is 0 Å². The highest BCUT2D eigenvalue weighted by molar-refractivity contribution is 5.53. The van der Waals surface area contributed by atoms with Crippen LogP contribution in [0.15, 0.2) is 0 Å². The van der Waals surface area contributed by atoms with Gasteiger partial charge in [0.05, 0.1) is 0 Å². The van der Waals surface area contributed by atoms with E-state index in [2.05, 4.69) is 111 Å². The molecule has 29 heavy (non-hydrogen) atoms. The zero-order valence-electron chi connectivity index (χ0n) is 22.7. The minimum atomic E-state index is 0.257. The molecule has 0 amide bonds. The summed E-state index contributed by atoms with van der Waals surface area (Å²) in [5.41, 5.74) is 3.87. The SMILES string of the molecule is CC1(C)C2(C)C(C)(C)C3(C)C4(C)CC(C)(C12C)C(C)(C4(C)C)C1(C)C(C)(C)C31C. The normalized spacial score (nSPS) is 68.7. The van der Waals surface area contributed by atoms with Crippen molar-refractivity contribution in [3.8, 4) is 0 Å². The van der Waals surface area contributed by atoms with Crippen molar-refractivity contribution in [3.05, 3.63) is 0 Å². The molecule has 0 radical (unpaired) electrons. The second-order valence-corrected chi connectivity index (χ2v) is 16.1. The number of hydrogen-bond acceptors (Lipinski definition) is 0. The van der Waals surface area contributed by atoms with Crippen molar-refractivity contribution in [2.75, 3.05) is 0 Å². The maximum Gasteiger partial charge on any atom is -0.0140 e. The first-order valence-corrected chi connectivity index (χ1v) is 12.5. The van der Waals surface area contributed by atoms with Crippen molar-refractivity contribution >= 4 is 0 Å². The molecule has 0 aromatic heterocycles. The lowest BCUT2D eigenvalue weighted by atomic mass is 9.30. The Hall–Kier alpha value is 0. The first kappa shape index (κ1) is 20.9. The molecular weight excluding hydrogens is 348 g/mol. The molecule has 8 atom stereocenters. The van der Waals surface area contributed by atoms with E-state index in [0.29, 0.717) is 54.1 Å². The highest BCUT2D eigenvalue weighted by Crippen LogP contribution is 3.11. The first-order valence-electron chi connectivity index (χ1n) is 12.5. The molecule has 0 heterocycles. The second-order valence-electron chi connectivity index (χ2n) is 16.1. The van der Waals surface area contributed by atoms with Crippen molar-refractivity contribution in [1.29, 1.82) is 0 Å². The molecule has 0 heteroatoms. The average molecular weight is 399 g/mol. The standard InChI is InChI=1S/C29H50/c1-18(2)22(9)17-23(10)25(18,12)28(15)21(7,8)29(28,16)26(22,13)19(3,4)24(11)20(5,6)27(23,24)14/h17H2,1-16H3. The smallest absolute Gasteiger partial charge is 0.0140 e. The van der Waals surface area contributed by atoms with Crippen LogP contribution in [0.2, 0.25) is 0 Å². The third kappa shape index (κ3) is 1.01. The summed E-state index contributed by atoms with van der Waals surface area (Å²) in [5, 5.41) is 0. The highest BCUT2D eigenvalue weighted by atomic mass is 15.1. The summed E-state index contributed by atoms with van der Waals surface area (Å²) in [5.74, 6) is 0. The quantitative estimate of drug-likeness (QED) is 0.383. The molecule has 5 saturated carbocycles. The Morgan fingerprint density at radius 3 is 0.931 bits per heavy atom. The van der Waals surface area contributed by atoms with Gasteiger partial charge < -0.3 is 0 Å². The van der Waals surface area contributed by atoms with Crippen molar-refractivity contribution in [2.45, 2.75) is 117 Å². The van der Waals surface area contributed by atoms with Crippen molar-refractivity contribution < 1.29 is 0 Å². The zero-order chi connectivity index (χ0) is 22.7. The Bertz CT molecular complexity index is 878. The van der Waals surface area contributed by atoms with Gasteiger partial charge in [0.15, 0.2) is 0 Å². The van der Waals surface area contributed by atoms with Crippen LogP contribution in [-0.4, -0.2) is 0 Å². The van der Waals surface area contributed by atoms with Gasteiger partial charge in [0.1, 0.15) is 0 Å². The molecule has 3 bridgehead atoms. The van der Waals surface area contributed by atoms with Crippen LogP contribution >= 0.6 is 0 Å². The van der Waals surface area contributed by atoms with Crippen LogP contribution in [0, 0.1) is 65.0 Å². The Morgan fingerprint density at radius 2 is 0.552 bits per heavy atom. The minimum absolute atomic E-state index is 0.257. The Morgan fingerprint density at radius 1 is 0.276 bits per heavy atom.